The SMILES string of the molecule is [B]O[C@@H](CC)C1C[C@@H](C)C(OC(C)=O)O1. The predicted molar refractivity (Wildman–Crippen MR) is 55.1 cm³/mol. The summed E-state index contributed by atoms with van der Waals surface area (Å²) in [4.78, 5) is 10.8. The molecule has 2 unspecified atom stereocenters. The van der Waals surface area contributed by atoms with Crippen LogP contribution in [0.5, 0.6) is 0 Å². The number of rotatable bonds is 4. The molecule has 0 spiro atoms. The van der Waals surface area contributed by atoms with E-state index < -0.39 is 6.29 Å². The van der Waals surface area contributed by atoms with E-state index in [2.05, 4.69) is 0 Å². The molecule has 84 valence electrons. The van der Waals surface area contributed by atoms with E-state index in [0.717, 1.165) is 12.8 Å². The highest BCUT2D eigenvalue weighted by atomic mass is 16.7. The average Bonchev–Trinajstić information content (AvgIpc) is 2.49. The third kappa shape index (κ3) is 3.21. The van der Waals surface area contributed by atoms with Crippen LogP contribution in [0.3, 0.4) is 0 Å². The maximum atomic E-state index is 10.8. The summed E-state index contributed by atoms with van der Waals surface area (Å²) in [5.41, 5.74) is 0. The molecule has 0 aromatic carbocycles. The Labute approximate surface area is 91.7 Å². The van der Waals surface area contributed by atoms with E-state index >= 15 is 0 Å². The van der Waals surface area contributed by atoms with Crippen molar-refractivity contribution in [3.63, 3.8) is 0 Å². The normalized spacial score (nSPS) is 32.6. The van der Waals surface area contributed by atoms with Gasteiger partial charge in [-0.1, -0.05) is 13.8 Å². The Balaban J connectivity index is 2.50. The van der Waals surface area contributed by atoms with Gasteiger partial charge in [0.2, 0.25) is 6.29 Å². The Hall–Kier alpha value is -0.545. The maximum absolute atomic E-state index is 10.8. The molecule has 1 saturated heterocycles. The molecule has 0 saturated carbocycles. The zero-order chi connectivity index (χ0) is 11.4. The van der Waals surface area contributed by atoms with Crippen LogP contribution < -0.4 is 0 Å². The molecule has 0 N–H and O–H groups in total. The van der Waals surface area contributed by atoms with Crippen molar-refractivity contribution in [1.29, 1.82) is 0 Å². The number of esters is 1. The summed E-state index contributed by atoms with van der Waals surface area (Å²) in [5.74, 6) is -0.141. The molecule has 1 rings (SSSR count). The van der Waals surface area contributed by atoms with Crippen LogP contribution in [-0.2, 0) is 18.9 Å². The molecule has 2 radical (unpaired) electrons. The third-order valence-electron chi connectivity index (χ3n) is 2.65. The van der Waals surface area contributed by atoms with Crippen LogP contribution in [0, 0.1) is 5.92 Å². The van der Waals surface area contributed by atoms with Gasteiger partial charge in [0.15, 0.2) is 0 Å². The fourth-order valence-electron chi connectivity index (χ4n) is 1.83. The van der Waals surface area contributed by atoms with Crippen LogP contribution in [0.15, 0.2) is 0 Å². The van der Waals surface area contributed by atoms with Crippen LogP contribution in [0.1, 0.15) is 33.6 Å². The zero-order valence-electron chi connectivity index (χ0n) is 9.43. The molecule has 4 nitrogen and oxygen atoms in total. The quantitative estimate of drug-likeness (QED) is 0.518. The van der Waals surface area contributed by atoms with Crippen molar-refractivity contribution in [2.24, 2.45) is 5.92 Å². The number of carbonyl (C=O) groups is 1. The monoisotopic (exact) mass is 212 g/mol. The second kappa shape index (κ2) is 5.51. The number of ether oxygens (including phenoxy) is 2. The molecule has 0 aromatic heterocycles. The Bertz CT molecular complexity index is 217. The van der Waals surface area contributed by atoms with E-state index in [0.29, 0.717) is 0 Å². The van der Waals surface area contributed by atoms with Gasteiger partial charge >= 0.3 is 5.97 Å². The number of hydrogen-bond donors (Lipinski definition) is 0. The number of carbonyl (C=O) groups excluding carboxylic acids is 1. The van der Waals surface area contributed by atoms with Gasteiger partial charge in [0.1, 0.15) is 0 Å². The maximum Gasteiger partial charge on any atom is 0.304 e. The summed E-state index contributed by atoms with van der Waals surface area (Å²) in [6, 6.07) is 0. The minimum Gasteiger partial charge on any atom is -0.442 e. The molecule has 0 bridgehead atoms. The van der Waals surface area contributed by atoms with Gasteiger partial charge < -0.3 is 14.1 Å². The molecule has 1 aliphatic heterocycles. The predicted octanol–water partition coefficient (Wildman–Crippen LogP) is 1.18. The summed E-state index contributed by atoms with van der Waals surface area (Å²) < 4.78 is 15.4. The first-order valence-electron chi connectivity index (χ1n) is 5.26. The second-order valence-electron chi connectivity index (χ2n) is 3.95. The van der Waals surface area contributed by atoms with Crippen molar-refractivity contribution in [3.8, 4) is 0 Å². The van der Waals surface area contributed by atoms with Crippen molar-refractivity contribution < 1.29 is 18.9 Å². The second-order valence-corrected chi connectivity index (χ2v) is 3.95. The molecule has 0 aromatic rings. The highest BCUT2D eigenvalue weighted by Crippen LogP contribution is 2.30. The Morgan fingerprint density at radius 2 is 2.33 bits per heavy atom. The largest absolute Gasteiger partial charge is 0.442 e. The average molecular weight is 212 g/mol. The summed E-state index contributed by atoms with van der Waals surface area (Å²) in [7, 11) is 5.17. The van der Waals surface area contributed by atoms with Gasteiger partial charge in [-0.3, -0.25) is 4.79 Å². The molecule has 4 atom stereocenters. The minimum atomic E-state index is -0.461. The first kappa shape index (κ1) is 12.5. The smallest absolute Gasteiger partial charge is 0.304 e. The Kier molecular flexibility index (Phi) is 4.60. The molecule has 1 aliphatic rings. The molecule has 5 heteroatoms. The highest BCUT2D eigenvalue weighted by Gasteiger charge is 2.37. The highest BCUT2D eigenvalue weighted by molar-refractivity contribution is 5.98. The van der Waals surface area contributed by atoms with E-state index in [1.807, 2.05) is 13.8 Å². The lowest BCUT2D eigenvalue weighted by molar-refractivity contribution is -0.183. The van der Waals surface area contributed by atoms with E-state index in [9.17, 15) is 4.79 Å². The van der Waals surface area contributed by atoms with Crippen LogP contribution in [0.25, 0.3) is 0 Å². The molecule has 1 heterocycles. The van der Waals surface area contributed by atoms with Gasteiger partial charge in [-0.25, -0.2) is 0 Å². The van der Waals surface area contributed by atoms with Crippen LogP contribution in [0.4, 0.5) is 0 Å². The first-order chi connectivity index (χ1) is 7.08. The van der Waals surface area contributed by atoms with E-state index in [1.165, 1.54) is 6.92 Å². The van der Waals surface area contributed by atoms with E-state index in [1.54, 1.807) is 0 Å². The van der Waals surface area contributed by atoms with Crippen molar-refractivity contribution in [1.82, 2.24) is 0 Å². The van der Waals surface area contributed by atoms with Crippen LogP contribution in [0.2, 0.25) is 0 Å². The fraction of sp³-hybridized carbons (Fsp3) is 0.900. The van der Waals surface area contributed by atoms with Gasteiger partial charge in [-0.15, -0.1) is 0 Å². The van der Waals surface area contributed by atoms with Crippen molar-refractivity contribution in [2.75, 3.05) is 0 Å². The first-order valence-corrected chi connectivity index (χ1v) is 5.26. The number of hydrogen-bond acceptors (Lipinski definition) is 4. The minimum absolute atomic E-state index is 0.0839. The topological polar surface area (TPSA) is 44.8 Å². The van der Waals surface area contributed by atoms with Gasteiger partial charge in [-0.2, -0.15) is 0 Å². The third-order valence-corrected chi connectivity index (χ3v) is 2.65. The Morgan fingerprint density at radius 1 is 1.67 bits per heavy atom. The molecule has 1 fully saturated rings. The molecule has 0 aliphatic carbocycles. The van der Waals surface area contributed by atoms with Gasteiger partial charge in [0.25, 0.3) is 8.05 Å². The lowest BCUT2D eigenvalue weighted by atomic mass is 10.0. The van der Waals surface area contributed by atoms with Gasteiger partial charge in [0, 0.05) is 12.8 Å². The summed E-state index contributed by atoms with van der Waals surface area (Å²) in [6.07, 6.45) is 0.901. The molecule has 0 amide bonds. The standard InChI is InChI=1S/C10H17BO4/c1-4-8(15-11)9-5-6(2)10(14-9)13-7(3)12/h6,8-10H,4-5H2,1-3H3/t6-,8+,9?,10?/m1/s1. The summed E-state index contributed by atoms with van der Waals surface area (Å²) in [6.45, 7) is 5.34. The van der Waals surface area contributed by atoms with Crippen LogP contribution in [-0.4, -0.2) is 32.5 Å². The fourth-order valence-corrected chi connectivity index (χ4v) is 1.83. The summed E-state index contributed by atoms with van der Waals surface area (Å²) in [5, 5.41) is 0. The van der Waals surface area contributed by atoms with E-state index in [-0.39, 0.29) is 24.1 Å². The van der Waals surface area contributed by atoms with Crippen molar-refractivity contribution in [2.45, 2.75) is 52.1 Å². The van der Waals surface area contributed by atoms with Crippen LogP contribution >= 0.6 is 0 Å². The Morgan fingerprint density at radius 3 is 2.80 bits per heavy atom. The van der Waals surface area contributed by atoms with Crippen molar-refractivity contribution in [3.05, 3.63) is 0 Å². The van der Waals surface area contributed by atoms with Gasteiger partial charge in [-0.05, 0) is 12.8 Å². The summed E-state index contributed by atoms with van der Waals surface area (Å²) >= 11 is 0. The van der Waals surface area contributed by atoms with E-state index in [4.69, 9.17) is 22.2 Å². The lowest BCUT2D eigenvalue weighted by Crippen LogP contribution is -2.29. The van der Waals surface area contributed by atoms with Crippen molar-refractivity contribution >= 4 is 14.0 Å². The molecular weight excluding hydrogens is 195 g/mol. The molecular formula is C10H17BO4. The molecule has 15 heavy (non-hydrogen) atoms. The zero-order valence-corrected chi connectivity index (χ0v) is 9.43. The lowest BCUT2D eigenvalue weighted by Gasteiger charge is -2.21. The van der Waals surface area contributed by atoms with Gasteiger partial charge in [0.05, 0.1) is 12.2 Å².